The van der Waals surface area contributed by atoms with Gasteiger partial charge in [-0.1, -0.05) is 52.0 Å². The van der Waals surface area contributed by atoms with E-state index in [9.17, 15) is 0 Å². The molecule has 1 aromatic carbocycles. The van der Waals surface area contributed by atoms with Crippen LogP contribution in [0, 0.1) is 5.41 Å². The number of hydrogen-bond donors (Lipinski definition) is 1. The van der Waals surface area contributed by atoms with E-state index in [1.807, 2.05) is 13.8 Å². The van der Waals surface area contributed by atoms with Crippen LogP contribution in [0.15, 0.2) is 24.3 Å². The molecule has 0 saturated carbocycles. The number of hydrogen-bond acceptors (Lipinski definition) is 2. The molecule has 0 aromatic heterocycles. The summed E-state index contributed by atoms with van der Waals surface area (Å²) in [5, 5.41) is 9.11. The summed E-state index contributed by atoms with van der Waals surface area (Å²) in [6, 6.07) is 8.53. The predicted molar refractivity (Wildman–Crippen MR) is 71.1 cm³/mol. The zero-order valence-corrected chi connectivity index (χ0v) is 11.4. The van der Waals surface area contributed by atoms with Gasteiger partial charge in [-0.2, -0.15) is 0 Å². The molecule has 2 heteroatoms. The number of aliphatic hydroxyl groups is 1. The highest BCUT2D eigenvalue weighted by molar-refractivity contribution is 5.24. The van der Waals surface area contributed by atoms with E-state index in [1.54, 1.807) is 0 Å². The van der Waals surface area contributed by atoms with Crippen molar-refractivity contribution in [2.24, 2.45) is 5.41 Å². The van der Waals surface area contributed by atoms with Gasteiger partial charge in [0.2, 0.25) is 0 Å². The van der Waals surface area contributed by atoms with E-state index in [2.05, 4.69) is 38.1 Å². The molecule has 0 spiro atoms. The van der Waals surface area contributed by atoms with Crippen LogP contribution in [0.25, 0.3) is 0 Å². The highest BCUT2D eigenvalue weighted by atomic mass is 16.5. The van der Waals surface area contributed by atoms with Crippen LogP contribution in [-0.4, -0.2) is 18.3 Å². The van der Waals surface area contributed by atoms with Crippen LogP contribution in [-0.2, 0) is 11.3 Å². The molecule has 0 aliphatic carbocycles. The quantitative estimate of drug-likeness (QED) is 0.820. The Hall–Kier alpha value is -0.860. The molecule has 0 heterocycles. The topological polar surface area (TPSA) is 29.5 Å². The van der Waals surface area contributed by atoms with Crippen LogP contribution < -0.4 is 0 Å². The highest BCUT2D eigenvalue weighted by Gasteiger charge is 2.16. The Morgan fingerprint density at radius 1 is 1.18 bits per heavy atom. The zero-order chi connectivity index (χ0) is 12.9. The summed E-state index contributed by atoms with van der Waals surface area (Å²) in [4.78, 5) is 0. The third-order valence-electron chi connectivity index (χ3n) is 2.84. The van der Waals surface area contributed by atoms with Gasteiger partial charge in [-0.3, -0.25) is 0 Å². The Kier molecular flexibility index (Phi) is 5.16. The van der Waals surface area contributed by atoms with Gasteiger partial charge in [-0.05, 0) is 17.0 Å². The zero-order valence-electron chi connectivity index (χ0n) is 11.4. The molecule has 0 atom stereocenters. The Balaban J connectivity index is 2.42. The lowest BCUT2D eigenvalue weighted by atomic mass is 9.96. The summed E-state index contributed by atoms with van der Waals surface area (Å²) in [7, 11) is 0. The Morgan fingerprint density at radius 2 is 1.76 bits per heavy atom. The minimum atomic E-state index is -0.155. The van der Waals surface area contributed by atoms with Crippen molar-refractivity contribution in [1.29, 1.82) is 0 Å². The SMILES string of the molecule is CC(C)c1ccc(COCC(C)(C)CO)cc1. The maximum atomic E-state index is 9.11. The van der Waals surface area contributed by atoms with Crippen molar-refractivity contribution in [1.82, 2.24) is 0 Å². The van der Waals surface area contributed by atoms with E-state index < -0.39 is 0 Å². The minimum absolute atomic E-state index is 0.152. The van der Waals surface area contributed by atoms with Crippen molar-refractivity contribution in [2.45, 2.75) is 40.2 Å². The van der Waals surface area contributed by atoms with Gasteiger partial charge in [-0.15, -0.1) is 0 Å². The van der Waals surface area contributed by atoms with E-state index in [-0.39, 0.29) is 12.0 Å². The summed E-state index contributed by atoms with van der Waals surface area (Å²) in [5.41, 5.74) is 2.38. The molecule has 0 fully saturated rings. The van der Waals surface area contributed by atoms with Crippen molar-refractivity contribution < 1.29 is 9.84 Å². The fourth-order valence-electron chi connectivity index (χ4n) is 1.49. The Bertz CT molecular complexity index is 325. The van der Waals surface area contributed by atoms with Crippen molar-refractivity contribution >= 4 is 0 Å². The molecule has 96 valence electrons. The molecule has 0 saturated heterocycles. The highest BCUT2D eigenvalue weighted by Crippen LogP contribution is 2.17. The smallest absolute Gasteiger partial charge is 0.0717 e. The lowest BCUT2D eigenvalue weighted by Crippen LogP contribution is -2.23. The van der Waals surface area contributed by atoms with E-state index in [0.717, 1.165) is 0 Å². The number of ether oxygens (including phenoxy) is 1. The molecular weight excluding hydrogens is 212 g/mol. The lowest BCUT2D eigenvalue weighted by Gasteiger charge is -2.21. The second-order valence-corrected chi connectivity index (χ2v) is 5.71. The summed E-state index contributed by atoms with van der Waals surface area (Å²) in [5.74, 6) is 0.568. The molecule has 1 N–H and O–H groups in total. The first kappa shape index (κ1) is 14.2. The summed E-state index contributed by atoms with van der Waals surface area (Å²) in [6.45, 7) is 9.71. The molecular formula is C15H24O2. The molecule has 2 nitrogen and oxygen atoms in total. The van der Waals surface area contributed by atoms with E-state index in [4.69, 9.17) is 9.84 Å². The first-order valence-corrected chi connectivity index (χ1v) is 6.22. The Morgan fingerprint density at radius 3 is 2.24 bits per heavy atom. The van der Waals surface area contributed by atoms with Gasteiger partial charge < -0.3 is 9.84 Å². The average molecular weight is 236 g/mol. The third-order valence-corrected chi connectivity index (χ3v) is 2.84. The molecule has 0 aliphatic heterocycles. The number of rotatable bonds is 6. The van der Waals surface area contributed by atoms with Gasteiger partial charge in [0, 0.05) is 5.41 Å². The van der Waals surface area contributed by atoms with Crippen molar-refractivity contribution in [3.05, 3.63) is 35.4 Å². The molecule has 0 aliphatic rings. The van der Waals surface area contributed by atoms with Crippen LogP contribution >= 0.6 is 0 Å². The normalized spacial score (nSPS) is 12.1. The first-order chi connectivity index (χ1) is 7.94. The summed E-state index contributed by atoms with van der Waals surface area (Å²) >= 11 is 0. The number of aliphatic hydroxyl groups excluding tert-OH is 1. The second-order valence-electron chi connectivity index (χ2n) is 5.71. The van der Waals surface area contributed by atoms with Gasteiger partial charge in [-0.25, -0.2) is 0 Å². The fraction of sp³-hybridized carbons (Fsp3) is 0.600. The molecule has 0 unspecified atom stereocenters. The van der Waals surface area contributed by atoms with Gasteiger partial charge in [0.1, 0.15) is 0 Å². The van der Waals surface area contributed by atoms with Crippen LogP contribution in [0.4, 0.5) is 0 Å². The van der Waals surface area contributed by atoms with Gasteiger partial charge >= 0.3 is 0 Å². The van der Waals surface area contributed by atoms with Crippen molar-refractivity contribution in [3.63, 3.8) is 0 Å². The largest absolute Gasteiger partial charge is 0.396 e. The van der Waals surface area contributed by atoms with E-state index >= 15 is 0 Å². The predicted octanol–water partition coefficient (Wildman–Crippen LogP) is 3.35. The molecule has 1 aromatic rings. The fourth-order valence-corrected chi connectivity index (χ4v) is 1.49. The molecule has 17 heavy (non-hydrogen) atoms. The van der Waals surface area contributed by atoms with Gasteiger partial charge in [0.25, 0.3) is 0 Å². The van der Waals surface area contributed by atoms with E-state index in [1.165, 1.54) is 11.1 Å². The summed E-state index contributed by atoms with van der Waals surface area (Å²) < 4.78 is 5.62. The third kappa shape index (κ3) is 4.88. The van der Waals surface area contributed by atoms with Gasteiger partial charge in [0.05, 0.1) is 19.8 Å². The standard InChI is InChI=1S/C15H24O2/c1-12(2)14-7-5-13(6-8-14)9-17-11-15(3,4)10-16/h5-8,12,16H,9-11H2,1-4H3. The van der Waals surface area contributed by atoms with E-state index in [0.29, 0.717) is 19.1 Å². The van der Waals surface area contributed by atoms with Crippen LogP contribution in [0.1, 0.15) is 44.7 Å². The first-order valence-electron chi connectivity index (χ1n) is 6.22. The Labute approximate surface area is 105 Å². The maximum absolute atomic E-state index is 9.11. The summed E-state index contributed by atoms with van der Waals surface area (Å²) in [6.07, 6.45) is 0. The van der Waals surface area contributed by atoms with Crippen LogP contribution in [0.5, 0.6) is 0 Å². The molecule has 0 bridgehead atoms. The average Bonchev–Trinajstić information content (AvgIpc) is 2.29. The number of benzene rings is 1. The molecule has 1 rings (SSSR count). The molecule has 0 amide bonds. The van der Waals surface area contributed by atoms with Crippen LogP contribution in [0.2, 0.25) is 0 Å². The minimum Gasteiger partial charge on any atom is -0.396 e. The molecule has 0 radical (unpaired) electrons. The maximum Gasteiger partial charge on any atom is 0.0717 e. The monoisotopic (exact) mass is 236 g/mol. The van der Waals surface area contributed by atoms with Gasteiger partial charge in [0.15, 0.2) is 0 Å². The van der Waals surface area contributed by atoms with Crippen molar-refractivity contribution in [3.8, 4) is 0 Å². The van der Waals surface area contributed by atoms with Crippen LogP contribution in [0.3, 0.4) is 0 Å². The lowest BCUT2D eigenvalue weighted by molar-refractivity contribution is 0.0197. The second kappa shape index (κ2) is 6.18. The van der Waals surface area contributed by atoms with Crippen molar-refractivity contribution in [2.75, 3.05) is 13.2 Å².